The molecule has 8 heteroatoms. The maximum atomic E-state index is 13.8. The molecule has 0 bridgehead atoms. The average Bonchev–Trinajstić information content (AvgIpc) is 3.22. The van der Waals surface area contributed by atoms with Crippen molar-refractivity contribution >= 4 is 22.9 Å². The molecule has 128 valence electrons. The number of hydrogen-bond donors (Lipinski definition) is 1. The standard InChI is InChI=1S/C17H17FN6O/c1-23-10-21-14-7-11(8-20-16(14)23)17(25)22-12-4-6-24(9-12)15-13(18)3-2-5-19-15/h2-3,5,7-8,10,12H,4,6,9H2,1H3,(H,22,25). The lowest BCUT2D eigenvalue weighted by molar-refractivity contribution is 0.0940. The molecular weight excluding hydrogens is 323 g/mol. The third kappa shape index (κ3) is 2.90. The van der Waals surface area contributed by atoms with Crippen molar-refractivity contribution in [3.63, 3.8) is 0 Å². The largest absolute Gasteiger partial charge is 0.352 e. The third-order valence-corrected chi connectivity index (χ3v) is 4.38. The number of rotatable bonds is 3. The van der Waals surface area contributed by atoms with Crippen LogP contribution in [0.3, 0.4) is 0 Å². The zero-order chi connectivity index (χ0) is 17.4. The second kappa shape index (κ2) is 6.12. The van der Waals surface area contributed by atoms with Crippen LogP contribution in [0.4, 0.5) is 10.2 Å². The summed E-state index contributed by atoms with van der Waals surface area (Å²) in [7, 11) is 1.85. The number of pyridine rings is 2. The van der Waals surface area contributed by atoms with Gasteiger partial charge < -0.3 is 14.8 Å². The molecule has 0 radical (unpaired) electrons. The van der Waals surface area contributed by atoms with Crippen molar-refractivity contribution in [1.29, 1.82) is 0 Å². The molecule has 0 aromatic carbocycles. The first kappa shape index (κ1) is 15.5. The highest BCUT2D eigenvalue weighted by Gasteiger charge is 2.26. The minimum atomic E-state index is -0.348. The van der Waals surface area contributed by atoms with Crippen LogP contribution in [0.1, 0.15) is 16.8 Å². The minimum Gasteiger partial charge on any atom is -0.352 e. The van der Waals surface area contributed by atoms with E-state index in [1.165, 1.54) is 6.07 Å². The first-order valence-corrected chi connectivity index (χ1v) is 8.05. The van der Waals surface area contributed by atoms with E-state index in [1.54, 1.807) is 35.4 Å². The number of aromatic nitrogens is 4. The van der Waals surface area contributed by atoms with Crippen molar-refractivity contribution in [3.8, 4) is 0 Å². The third-order valence-electron chi connectivity index (χ3n) is 4.38. The fourth-order valence-corrected chi connectivity index (χ4v) is 3.09. The molecule has 1 atom stereocenters. The number of hydrogen-bond acceptors (Lipinski definition) is 5. The van der Waals surface area contributed by atoms with Crippen LogP contribution in [0.5, 0.6) is 0 Å². The Hall–Kier alpha value is -3.03. The molecular formula is C17H17FN6O. The van der Waals surface area contributed by atoms with Crippen LogP contribution in [-0.4, -0.2) is 44.6 Å². The van der Waals surface area contributed by atoms with E-state index in [0.717, 1.165) is 12.1 Å². The number of nitrogens with one attached hydrogen (secondary N) is 1. The number of imidazole rings is 1. The lowest BCUT2D eigenvalue weighted by Gasteiger charge is -2.18. The summed E-state index contributed by atoms with van der Waals surface area (Å²) in [6.45, 7) is 1.18. The first-order chi connectivity index (χ1) is 12.1. The second-order valence-corrected chi connectivity index (χ2v) is 6.14. The van der Waals surface area contributed by atoms with E-state index in [1.807, 2.05) is 11.9 Å². The summed E-state index contributed by atoms with van der Waals surface area (Å²) < 4.78 is 15.6. The van der Waals surface area contributed by atoms with Crippen LogP contribution < -0.4 is 10.2 Å². The van der Waals surface area contributed by atoms with Gasteiger partial charge in [0.1, 0.15) is 5.52 Å². The van der Waals surface area contributed by atoms with E-state index < -0.39 is 0 Å². The zero-order valence-electron chi connectivity index (χ0n) is 13.7. The van der Waals surface area contributed by atoms with Crippen LogP contribution >= 0.6 is 0 Å². The van der Waals surface area contributed by atoms with Gasteiger partial charge in [0.05, 0.1) is 11.9 Å². The topological polar surface area (TPSA) is 75.9 Å². The molecule has 1 aliphatic heterocycles. The minimum absolute atomic E-state index is 0.0617. The Balaban J connectivity index is 1.45. The number of anilines is 1. The molecule has 1 saturated heterocycles. The molecule has 0 saturated carbocycles. The van der Waals surface area contributed by atoms with Crippen molar-refractivity contribution in [2.45, 2.75) is 12.5 Å². The Bertz CT molecular complexity index is 940. The summed E-state index contributed by atoms with van der Waals surface area (Å²) in [6, 6.07) is 4.62. The highest BCUT2D eigenvalue weighted by Crippen LogP contribution is 2.21. The van der Waals surface area contributed by atoms with Crippen molar-refractivity contribution in [1.82, 2.24) is 24.8 Å². The number of amides is 1. The van der Waals surface area contributed by atoms with Crippen molar-refractivity contribution < 1.29 is 9.18 Å². The lowest BCUT2D eigenvalue weighted by atomic mass is 10.2. The Morgan fingerprint density at radius 1 is 1.36 bits per heavy atom. The van der Waals surface area contributed by atoms with Crippen LogP contribution in [0.15, 0.2) is 36.9 Å². The smallest absolute Gasteiger partial charge is 0.253 e. The molecule has 1 unspecified atom stereocenters. The summed E-state index contributed by atoms with van der Waals surface area (Å²) >= 11 is 0. The van der Waals surface area contributed by atoms with Crippen molar-refractivity contribution in [2.24, 2.45) is 7.05 Å². The SMILES string of the molecule is Cn1cnc2cc(C(=O)NC3CCN(c4ncccc4F)C3)cnc21. The molecule has 3 aromatic heterocycles. The predicted molar refractivity (Wildman–Crippen MR) is 90.8 cm³/mol. The summed E-state index contributed by atoms with van der Waals surface area (Å²) in [5.74, 6) is -0.219. The Labute approximate surface area is 143 Å². The monoisotopic (exact) mass is 340 g/mol. The van der Waals surface area contributed by atoms with Gasteiger partial charge in [-0.2, -0.15) is 0 Å². The average molecular weight is 340 g/mol. The highest BCUT2D eigenvalue weighted by atomic mass is 19.1. The van der Waals surface area contributed by atoms with Gasteiger partial charge in [-0.15, -0.1) is 0 Å². The Morgan fingerprint density at radius 2 is 2.24 bits per heavy atom. The maximum absolute atomic E-state index is 13.8. The van der Waals surface area contributed by atoms with Gasteiger partial charge in [-0.05, 0) is 24.6 Å². The van der Waals surface area contributed by atoms with E-state index in [-0.39, 0.29) is 17.8 Å². The number of halogens is 1. The molecule has 1 N–H and O–H groups in total. The van der Waals surface area contributed by atoms with Gasteiger partial charge in [0.15, 0.2) is 17.3 Å². The molecule has 3 aromatic rings. The van der Waals surface area contributed by atoms with E-state index in [0.29, 0.717) is 30.0 Å². The van der Waals surface area contributed by atoms with Gasteiger partial charge in [0.25, 0.3) is 5.91 Å². The summed E-state index contributed by atoms with van der Waals surface area (Å²) in [4.78, 5) is 26.9. The summed E-state index contributed by atoms with van der Waals surface area (Å²) in [5, 5.41) is 2.98. The van der Waals surface area contributed by atoms with Gasteiger partial charge >= 0.3 is 0 Å². The number of carbonyl (C=O) groups is 1. The molecule has 4 rings (SSSR count). The van der Waals surface area contributed by atoms with Crippen molar-refractivity contribution in [3.05, 3.63) is 48.3 Å². The lowest BCUT2D eigenvalue weighted by Crippen LogP contribution is -2.37. The molecule has 1 amide bonds. The zero-order valence-corrected chi connectivity index (χ0v) is 13.7. The summed E-state index contributed by atoms with van der Waals surface area (Å²) in [6.07, 6.45) is 5.51. The number of nitrogens with zero attached hydrogens (tertiary/aromatic N) is 5. The normalized spacial score (nSPS) is 17.2. The quantitative estimate of drug-likeness (QED) is 0.782. The van der Waals surface area contributed by atoms with Crippen LogP contribution in [0, 0.1) is 5.82 Å². The molecule has 7 nitrogen and oxygen atoms in total. The van der Waals surface area contributed by atoms with Gasteiger partial charge in [-0.3, -0.25) is 4.79 Å². The molecule has 1 fully saturated rings. The van der Waals surface area contributed by atoms with Gasteiger partial charge in [0.2, 0.25) is 0 Å². The van der Waals surface area contributed by atoms with E-state index in [4.69, 9.17) is 0 Å². The molecule has 4 heterocycles. The molecule has 0 spiro atoms. The second-order valence-electron chi connectivity index (χ2n) is 6.14. The maximum Gasteiger partial charge on any atom is 0.253 e. The fraction of sp³-hybridized carbons (Fsp3) is 0.294. The predicted octanol–water partition coefficient (Wildman–Crippen LogP) is 1.51. The van der Waals surface area contributed by atoms with E-state index in [2.05, 4.69) is 20.3 Å². The number of carbonyl (C=O) groups excluding carboxylic acids is 1. The first-order valence-electron chi connectivity index (χ1n) is 8.05. The fourth-order valence-electron chi connectivity index (χ4n) is 3.09. The van der Waals surface area contributed by atoms with Crippen molar-refractivity contribution in [2.75, 3.05) is 18.0 Å². The number of fused-ring (bicyclic) bond motifs is 1. The molecule has 0 aliphatic carbocycles. The van der Waals surface area contributed by atoms with E-state index >= 15 is 0 Å². The van der Waals surface area contributed by atoms with Crippen LogP contribution in [-0.2, 0) is 7.05 Å². The Morgan fingerprint density at radius 3 is 3.08 bits per heavy atom. The van der Waals surface area contributed by atoms with Gasteiger partial charge in [-0.25, -0.2) is 19.3 Å². The van der Waals surface area contributed by atoms with Crippen LogP contribution in [0.25, 0.3) is 11.2 Å². The molecule has 1 aliphatic rings. The summed E-state index contributed by atoms with van der Waals surface area (Å²) in [5.41, 5.74) is 1.88. The van der Waals surface area contributed by atoms with Gasteiger partial charge in [-0.1, -0.05) is 0 Å². The van der Waals surface area contributed by atoms with Crippen LogP contribution in [0.2, 0.25) is 0 Å². The highest BCUT2D eigenvalue weighted by molar-refractivity contribution is 5.96. The van der Waals surface area contributed by atoms with Gasteiger partial charge in [0, 0.05) is 38.6 Å². The number of aryl methyl sites for hydroxylation is 1. The Kier molecular flexibility index (Phi) is 3.79. The van der Waals surface area contributed by atoms with E-state index in [9.17, 15) is 9.18 Å². The molecule has 25 heavy (non-hydrogen) atoms.